The molecule has 1 aromatic rings. The van der Waals surface area contributed by atoms with E-state index < -0.39 is 0 Å². The molecule has 100 valence electrons. The molecule has 0 saturated carbocycles. The Bertz CT molecular complexity index is 416. The highest BCUT2D eigenvalue weighted by Gasteiger charge is 2.31. The lowest BCUT2D eigenvalue weighted by atomic mass is 9.93. The summed E-state index contributed by atoms with van der Waals surface area (Å²) in [5.74, 6) is 5.87. The minimum Gasteiger partial charge on any atom is -0.376 e. The van der Waals surface area contributed by atoms with Gasteiger partial charge in [0.05, 0.1) is 12.1 Å². The Morgan fingerprint density at radius 2 is 2.39 bits per heavy atom. The minimum absolute atomic E-state index is 0.0456. The molecule has 0 bridgehead atoms. The van der Waals surface area contributed by atoms with Gasteiger partial charge >= 0.3 is 0 Å². The Balaban J connectivity index is 2.10. The lowest BCUT2D eigenvalue weighted by molar-refractivity contribution is 0.0610. The van der Waals surface area contributed by atoms with Crippen molar-refractivity contribution in [3.05, 3.63) is 34.1 Å². The van der Waals surface area contributed by atoms with Gasteiger partial charge in [-0.3, -0.25) is 11.3 Å². The highest BCUT2D eigenvalue weighted by atomic mass is 79.9. The maximum atomic E-state index is 13.0. The molecule has 1 heterocycles. The third kappa shape index (κ3) is 3.09. The molecule has 1 fully saturated rings. The average molecular weight is 317 g/mol. The average Bonchev–Trinajstić information content (AvgIpc) is 2.75. The zero-order chi connectivity index (χ0) is 13.1. The number of hydrogen-bond acceptors (Lipinski definition) is 3. The van der Waals surface area contributed by atoms with Gasteiger partial charge in [0, 0.05) is 11.1 Å². The van der Waals surface area contributed by atoms with Gasteiger partial charge in [0.15, 0.2) is 0 Å². The topological polar surface area (TPSA) is 47.3 Å². The van der Waals surface area contributed by atoms with Gasteiger partial charge in [0.1, 0.15) is 5.82 Å². The fraction of sp³-hybridized carbons (Fsp3) is 0.538. The van der Waals surface area contributed by atoms with Crippen molar-refractivity contribution < 1.29 is 9.13 Å². The zero-order valence-corrected chi connectivity index (χ0v) is 11.9. The maximum Gasteiger partial charge on any atom is 0.124 e. The summed E-state index contributed by atoms with van der Waals surface area (Å²) in [6.07, 6.45) is 1.90. The Morgan fingerprint density at radius 3 is 2.94 bits per heavy atom. The molecule has 1 aromatic carbocycles. The molecule has 1 saturated heterocycles. The van der Waals surface area contributed by atoms with Gasteiger partial charge in [0.25, 0.3) is 0 Å². The third-order valence-electron chi connectivity index (χ3n) is 3.51. The summed E-state index contributed by atoms with van der Waals surface area (Å²) in [7, 11) is 0. The number of nitrogens with one attached hydrogen (secondary N) is 1. The quantitative estimate of drug-likeness (QED) is 0.662. The van der Waals surface area contributed by atoms with Crippen LogP contribution in [-0.2, 0) is 11.2 Å². The molecule has 2 rings (SSSR count). The van der Waals surface area contributed by atoms with Crippen LogP contribution in [0.5, 0.6) is 0 Å². The van der Waals surface area contributed by atoms with Crippen LogP contribution in [0.1, 0.15) is 18.9 Å². The number of benzene rings is 1. The third-order valence-corrected chi connectivity index (χ3v) is 4.25. The van der Waals surface area contributed by atoms with Gasteiger partial charge in [-0.1, -0.05) is 28.9 Å². The highest BCUT2D eigenvalue weighted by Crippen LogP contribution is 2.26. The molecule has 3 N–H and O–H groups in total. The van der Waals surface area contributed by atoms with Crippen LogP contribution in [0.15, 0.2) is 22.7 Å². The summed E-state index contributed by atoms with van der Waals surface area (Å²) in [4.78, 5) is 0. The summed E-state index contributed by atoms with van der Waals surface area (Å²) in [6.45, 7) is 2.95. The van der Waals surface area contributed by atoms with Gasteiger partial charge in [-0.25, -0.2) is 4.39 Å². The van der Waals surface area contributed by atoms with Crippen molar-refractivity contribution in [2.75, 3.05) is 6.61 Å². The standard InChI is InChI=1S/C13H18BrFN2O/c1-8-4-5-18-13(8)12(17-16)6-9-2-3-10(15)7-11(9)14/h2-3,7-8,12-13,17H,4-6,16H2,1H3. The van der Waals surface area contributed by atoms with Crippen molar-refractivity contribution >= 4 is 15.9 Å². The van der Waals surface area contributed by atoms with E-state index in [4.69, 9.17) is 10.6 Å². The number of ether oxygens (including phenoxy) is 1. The SMILES string of the molecule is CC1CCOC1C(Cc1ccc(F)cc1Br)NN. The predicted molar refractivity (Wildman–Crippen MR) is 72.4 cm³/mol. The van der Waals surface area contributed by atoms with E-state index in [2.05, 4.69) is 28.3 Å². The molecular formula is C13H18BrFN2O. The van der Waals surface area contributed by atoms with Crippen LogP contribution in [-0.4, -0.2) is 18.8 Å². The van der Waals surface area contributed by atoms with Crippen molar-refractivity contribution in [1.82, 2.24) is 5.43 Å². The molecule has 0 aromatic heterocycles. The first-order valence-electron chi connectivity index (χ1n) is 6.13. The summed E-state index contributed by atoms with van der Waals surface area (Å²) in [6, 6.07) is 4.77. The van der Waals surface area contributed by atoms with Gasteiger partial charge in [-0.05, 0) is 36.5 Å². The van der Waals surface area contributed by atoms with Crippen LogP contribution in [0.4, 0.5) is 4.39 Å². The highest BCUT2D eigenvalue weighted by molar-refractivity contribution is 9.10. The second-order valence-electron chi connectivity index (χ2n) is 4.81. The van der Waals surface area contributed by atoms with E-state index in [1.807, 2.05) is 0 Å². The number of halogens is 2. The largest absolute Gasteiger partial charge is 0.376 e. The van der Waals surface area contributed by atoms with Crippen molar-refractivity contribution in [3.8, 4) is 0 Å². The van der Waals surface area contributed by atoms with Crippen LogP contribution in [0.2, 0.25) is 0 Å². The lowest BCUT2D eigenvalue weighted by Gasteiger charge is -2.25. The van der Waals surface area contributed by atoms with E-state index in [0.717, 1.165) is 23.1 Å². The summed E-state index contributed by atoms with van der Waals surface area (Å²) < 4.78 is 19.5. The molecule has 0 spiro atoms. The van der Waals surface area contributed by atoms with Crippen LogP contribution in [0.25, 0.3) is 0 Å². The van der Waals surface area contributed by atoms with Crippen molar-refractivity contribution in [2.24, 2.45) is 11.8 Å². The summed E-state index contributed by atoms with van der Waals surface area (Å²) in [5, 5.41) is 0. The van der Waals surface area contributed by atoms with E-state index in [0.29, 0.717) is 12.3 Å². The first-order valence-corrected chi connectivity index (χ1v) is 6.92. The van der Waals surface area contributed by atoms with E-state index in [1.165, 1.54) is 12.1 Å². The zero-order valence-electron chi connectivity index (χ0n) is 10.3. The maximum absolute atomic E-state index is 13.0. The first-order chi connectivity index (χ1) is 8.61. The molecule has 18 heavy (non-hydrogen) atoms. The van der Waals surface area contributed by atoms with Crippen molar-refractivity contribution in [1.29, 1.82) is 0 Å². The molecular weight excluding hydrogens is 299 g/mol. The Kier molecular flexibility index (Phi) is 4.72. The molecule has 3 nitrogen and oxygen atoms in total. The fourth-order valence-corrected chi connectivity index (χ4v) is 2.94. The molecule has 1 aliphatic rings. The second-order valence-corrected chi connectivity index (χ2v) is 5.67. The predicted octanol–water partition coefficient (Wildman–Crippen LogP) is 2.39. The van der Waals surface area contributed by atoms with Crippen LogP contribution < -0.4 is 11.3 Å². The van der Waals surface area contributed by atoms with E-state index in [1.54, 1.807) is 6.07 Å². The fourth-order valence-electron chi connectivity index (χ4n) is 2.43. The van der Waals surface area contributed by atoms with E-state index >= 15 is 0 Å². The van der Waals surface area contributed by atoms with E-state index in [9.17, 15) is 4.39 Å². The molecule has 3 atom stereocenters. The van der Waals surface area contributed by atoms with Crippen LogP contribution in [0.3, 0.4) is 0 Å². The van der Waals surface area contributed by atoms with E-state index in [-0.39, 0.29) is 18.0 Å². The number of rotatable bonds is 4. The minimum atomic E-state index is -0.242. The van der Waals surface area contributed by atoms with Gasteiger partial charge in [0.2, 0.25) is 0 Å². The summed E-state index contributed by atoms with van der Waals surface area (Å²) in [5.41, 5.74) is 3.85. The molecule has 0 radical (unpaired) electrons. The smallest absolute Gasteiger partial charge is 0.124 e. The van der Waals surface area contributed by atoms with Crippen LogP contribution in [0, 0.1) is 11.7 Å². The number of nitrogens with two attached hydrogens (primary N) is 1. The summed E-state index contributed by atoms with van der Waals surface area (Å²) >= 11 is 3.38. The monoisotopic (exact) mass is 316 g/mol. The number of hydrazine groups is 1. The van der Waals surface area contributed by atoms with Crippen molar-refractivity contribution in [3.63, 3.8) is 0 Å². The number of hydrogen-bond donors (Lipinski definition) is 2. The normalized spacial score (nSPS) is 25.3. The van der Waals surface area contributed by atoms with Crippen LogP contribution >= 0.6 is 15.9 Å². The molecule has 1 aliphatic heterocycles. The lowest BCUT2D eigenvalue weighted by Crippen LogP contribution is -2.47. The van der Waals surface area contributed by atoms with Gasteiger partial charge < -0.3 is 4.74 Å². The van der Waals surface area contributed by atoms with Crippen molar-refractivity contribution in [2.45, 2.75) is 31.9 Å². The van der Waals surface area contributed by atoms with Gasteiger partial charge in [-0.15, -0.1) is 0 Å². The molecule has 0 aliphatic carbocycles. The Morgan fingerprint density at radius 1 is 1.61 bits per heavy atom. The molecule has 5 heteroatoms. The Labute approximate surface area is 115 Å². The molecule has 0 amide bonds. The van der Waals surface area contributed by atoms with Gasteiger partial charge in [-0.2, -0.15) is 0 Å². The Hall–Kier alpha value is -0.490. The first kappa shape index (κ1) is 13.9. The second kappa shape index (κ2) is 6.10. The molecule has 3 unspecified atom stereocenters.